The zero-order valence-corrected chi connectivity index (χ0v) is 16.2. The molecule has 30 heavy (non-hydrogen) atoms. The molecule has 0 aromatic rings. The number of nitrogens with one attached hydrogen (secondary N) is 3. The van der Waals surface area contributed by atoms with Crippen LogP contribution in [0.3, 0.4) is 0 Å². The first-order chi connectivity index (χ1) is 14.0. The summed E-state index contributed by atoms with van der Waals surface area (Å²) in [5.74, 6) is -4.91. The van der Waals surface area contributed by atoms with Crippen LogP contribution in [0.1, 0.15) is 19.3 Å². The van der Waals surface area contributed by atoms with Crippen LogP contribution in [0.4, 0.5) is 0 Å². The smallest absolute Gasteiger partial charge is 0.326 e. The second-order valence-electron chi connectivity index (χ2n) is 6.15. The molecule has 0 rings (SSSR count). The Labute approximate surface area is 171 Å². The van der Waals surface area contributed by atoms with Crippen LogP contribution in [0.2, 0.25) is 0 Å². The van der Waals surface area contributed by atoms with Gasteiger partial charge in [0.2, 0.25) is 23.6 Å². The number of aliphatic hydroxyl groups is 1. The highest BCUT2D eigenvalue weighted by Gasteiger charge is 2.26. The Morgan fingerprint density at radius 1 is 0.967 bits per heavy atom. The van der Waals surface area contributed by atoms with Gasteiger partial charge in [-0.3, -0.25) is 24.2 Å². The number of nitrogens with zero attached hydrogens (tertiary/aromatic N) is 1. The maximum Gasteiger partial charge on any atom is 0.326 e. The van der Waals surface area contributed by atoms with E-state index in [1.54, 1.807) is 0 Å². The molecule has 3 atom stereocenters. The summed E-state index contributed by atoms with van der Waals surface area (Å²) in [6.07, 6.45) is -0.171. The molecule has 3 unspecified atom stereocenters. The third-order valence-electron chi connectivity index (χ3n) is 3.58. The number of amides is 4. The van der Waals surface area contributed by atoms with E-state index >= 15 is 0 Å². The van der Waals surface area contributed by atoms with Gasteiger partial charge in [0.05, 0.1) is 25.6 Å². The highest BCUT2D eigenvalue weighted by molar-refractivity contribution is 5.93. The monoisotopic (exact) mass is 432 g/mol. The van der Waals surface area contributed by atoms with Gasteiger partial charge in [0.1, 0.15) is 12.1 Å². The molecular formula is C15H28N8O7. The van der Waals surface area contributed by atoms with Crippen molar-refractivity contribution in [1.29, 1.82) is 0 Å². The van der Waals surface area contributed by atoms with Crippen molar-refractivity contribution in [3.63, 3.8) is 0 Å². The van der Waals surface area contributed by atoms with Crippen LogP contribution in [0.5, 0.6) is 0 Å². The Morgan fingerprint density at radius 3 is 2.10 bits per heavy atom. The third-order valence-corrected chi connectivity index (χ3v) is 3.58. The van der Waals surface area contributed by atoms with Gasteiger partial charge in [-0.25, -0.2) is 4.79 Å². The summed E-state index contributed by atoms with van der Waals surface area (Å²) in [4.78, 5) is 61.3. The second-order valence-corrected chi connectivity index (χ2v) is 6.15. The van der Waals surface area contributed by atoms with E-state index in [0.29, 0.717) is 0 Å². The minimum Gasteiger partial charge on any atom is -0.480 e. The standard InChI is InChI=1S/C15H28N8O7/c16-7(4-10(17)25)12(27)21-5-11(26)22-9(6-24)13(28)23-8(14(29)30)2-1-3-20-15(18)19/h7-9,24H,1-6,16H2,(H2,17,25)(H,21,27)(H,22,26)(H,23,28)(H,29,30)(H4,18,19,20). The fourth-order valence-electron chi connectivity index (χ4n) is 2.08. The predicted octanol–water partition coefficient (Wildman–Crippen LogP) is -5.59. The van der Waals surface area contributed by atoms with Gasteiger partial charge < -0.3 is 49.1 Å². The van der Waals surface area contributed by atoms with Crippen molar-refractivity contribution in [2.45, 2.75) is 37.4 Å². The number of carbonyl (C=O) groups is 5. The highest BCUT2D eigenvalue weighted by Crippen LogP contribution is 2.00. The van der Waals surface area contributed by atoms with Gasteiger partial charge in [-0.2, -0.15) is 0 Å². The van der Waals surface area contributed by atoms with Gasteiger partial charge >= 0.3 is 5.97 Å². The molecule has 15 heteroatoms. The minimum absolute atomic E-state index is 0.00223. The van der Waals surface area contributed by atoms with Crippen molar-refractivity contribution in [3.8, 4) is 0 Å². The maximum absolute atomic E-state index is 12.2. The lowest BCUT2D eigenvalue weighted by Gasteiger charge is -2.20. The zero-order chi connectivity index (χ0) is 23.3. The number of aliphatic hydroxyl groups excluding tert-OH is 1. The van der Waals surface area contributed by atoms with Crippen molar-refractivity contribution in [2.75, 3.05) is 19.7 Å². The summed E-state index contributed by atoms with van der Waals surface area (Å²) >= 11 is 0. The van der Waals surface area contributed by atoms with Gasteiger partial charge in [0.15, 0.2) is 5.96 Å². The number of hydrogen-bond donors (Lipinski definition) is 9. The molecule has 4 amide bonds. The molecule has 170 valence electrons. The molecule has 0 saturated heterocycles. The summed E-state index contributed by atoms with van der Waals surface area (Å²) in [5, 5.41) is 24.9. The molecule has 0 fully saturated rings. The first-order valence-electron chi connectivity index (χ1n) is 8.78. The average Bonchev–Trinajstić information content (AvgIpc) is 2.65. The zero-order valence-electron chi connectivity index (χ0n) is 16.2. The number of carboxylic acid groups (broad SMARTS) is 1. The molecule has 13 N–H and O–H groups in total. The second kappa shape index (κ2) is 13.7. The van der Waals surface area contributed by atoms with Gasteiger partial charge in [-0.05, 0) is 12.8 Å². The lowest BCUT2D eigenvalue weighted by Crippen LogP contribution is -2.55. The van der Waals surface area contributed by atoms with Crippen LogP contribution in [-0.2, 0) is 24.0 Å². The fourth-order valence-corrected chi connectivity index (χ4v) is 2.08. The highest BCUT2D eigenvalue weighted by atomic mass is 16.4. The lowest BCUT2D eigenvalue weighted by atomic mass is 10.1. The minimum atomic E-state index is -1.46. The molecule has 15 nitrogen and oxygen atoms in total. The molecule has 0 saturated carbocycles. The molecule has 0 aromatic heterocycles. The third kappa shape index (κ3) is 11.4. The van der Waals surface area contributed by atoms with E-state index in [1.807, 2.05) is 0 Å². The summed E-state index contributed by atoms with van der Waals surface area (Å²) < 4.78 is 0. The largest absolute Gasteiger partial charge is 0.480 e. The molecule has 0 aliphatic heterocycles. The normalized spacial score (nSPS) is 13.3. The number of guanidine groups is 1. The topological polar surface area (TPSA) is 278 Å². The van der Waals surface area contributed by atoms with E-state index in [4.69, 9.17) is 22.9 Å². The van der Waals surface area contributed by atoms with Gasteiger partial charge in [-0.15, -0.1) is 0 Å². The molecule has 0 aromatic carbocycles. The van der Waals surface area contributed by atoms with E-state index < -0.39 is 67.3 Å². The molecule has 0 radical (unpaired) electrons. The fraction of sp³-hybridized carbons (Fsp3) is 0.600. The van der Waals surface area contributed by atoms with Crippen LogP contribution in [0, 0.1) is 0 Å². The summed E-state index contributed by atoms with van der Waals surface area (Å²) in [7, 11) is 0. The van der Waals surface area contributed by atoms with Crippen molar-refractivity contribution in [2.24, 2.45) is 27.9 Å². The van der Waals surface area contributed by atoms with E-state index in [0.717, 1.165) is 0 Å². The number of aliphatic imine (C=N–C) groups is 1. The predicted molar refractivity (Wildman–Crippen MR) is 103 cm³/mol. The number of aliphatic carboxylic acids is 1. The van der Waals surface area contributed by atoms with Gasteiger partial charge in [0, 0.05) is 6.54 Å². The van der Waals surface area contributed by atoms with Crippen LogP contribution >= 0.6 is 0 Å². The first-order valence-corrected chi connectivity index (χ1v) is 8.78. The SMILES string of the molecule is NC(=O)CC(N)C(=O)NCC(=O)NC(CO)C(=O)NC(CCCN=C(N)N)C(=O)O. The number of hydrogen-bond acceptors (Lipinski definition) is 8. The lowest BCUT2D eigenvalue weighted by molar-refractivity contribution is -0.142. The summed E-state index contributed by atoms with van der Waals surface area (Å²) in [5.41, 5.74) is 20.6. The first kappa shape index (κ1) is 26.5. The molecule has 0 aliphatic rings. The number of nitrogens with two attached hydrogens (primary N) is 4. The van der Waals surface area contributed by atoms with E-state index in [9.17, 15) is 34.2 Å². The Kier molecular flexibility index (Phi) is 12.1. The van der Waals surface area contributed by atoms with Crippen molar-refractivity contribution in [3.05, 3.63) is 0 Å². The molecular weight excluding hydrogens is 404 g/mol. The van der Waals surface area contributed by atoms with Crippen LogP contribution in [0.15, 0.2) is 4.99 Å². The van der Waals surface area contributed by atoms with Crippen LogP contribution in [-0.4, -0.2) is 83.6 Å². The Hall–Kier alpha value is -3.46. The Morgan fingerprint density at radius 2 is 1.60 bits per heavy atom. The number of carbonyl (C=O) groups excluding carboxylic acids is 4. The number of rotatable bonds is 14. The van der Waals surface area contributed by atoms with Gasteiger partial charge in [0.25, 0.3) is 0 Å². The number of primary amides is 1. The van der Waals surface area contributed by atoms with Crippen molar-refractivity contribution >= 4 is 35.6 Å². The van der Waals surface area contributed by atoms with Crippen molar-refractivity contribution in [1.82, 2.24) is 16.0 Å². The number of carboxylic acids is 1. The molecule has 0 spiro atoms. The van der Waals surface area contributed by atoms with E-state index in [1.165, 1.54) is 0 Å². The molecule has 0 bridgehead atoms. The van der Waals surface area contributed by atoms with Crippen LogP contribution < -0.4 is 38.9 Å². The summed E-state index contributed by atoms with van der Waals surface area (Å²) in [6.45, 7) is -1.28. The summed E-state index contributed by atoms with van der Waals surface area (Å²) in [6, 6.07) is -4.01. The van der Waals surface area contributed by atoms with E-state index in [-0.39, 0.29) is 25.3 Å². The quantitative estimate of drug-likeness (QED) is 0.0712. The Balaban J connectivity index is 4.63. The maximum atomic E-state index is 12.2. The average molecular weight is 432 g/mol. The van der Waals surface area contributed by atoms with Crippen LogP contribution in [0.25, 0.3) is 0 Å². The van der Waals surface area contributed by atoms with Gasteiger partial charge in [-0.1, -0.05) is 0 Å². The molecule has 0 aliphatic carbocycles. The molecule has 0 heterocycles. The van der Waals surface area contributed by atoms with Crippen molar-refractivity contribution < 1.29 is 34.2 Å². The van der Waals surface area contributed by atoms with E-state index in [2.05, 4.69) is 20.9 Å². The Bertz CT molecular complexity index is 665.